The lowest BCUT2D eigenvalue weighted by Crippen LogP contribution is -2.31. The highest BCUT2D eigenvalue weighted by Crippen LogP contribution is 2.28. The summed E-state index contributed by atoms with van der Waals surface area (Å²) in [6, 6.07) is 25.9. The van der Waals surface area contributed by atoms with Crippen LogP contribution < -0.4 is 4.74 Å². The number of amides is 1. The molecule has 0 N–H and O–H groups in total. The van der Waals surface area contributed by atoms with Crippen molar-refractivity contribution >= 4 is 28.9 Å². The van der Waals surface area contributed by atoms with E-state index in [-0.39, 0.29) is 12.5 Å². The van der Waals surface area contributed by atoms with Crippen molar-refractivity contribution in [2.75, 3.05) is 20.2 Å². The molecule has 37 heavy (non-hydrogen) atoms. The van der Waals surface area contributed by atoms with Gasteiger partial charge in [0.05, 0.1) is 12.1 Å². The van der Waals surface area contributed by atoms with E-state index in [2.05, 4.69) is 12.1 Å². The summed E-state index contributed by atoms with van der Waals surface area (Å²) in [6.45, 7) is 3.34. The third kappa shape index (κ3) is 7.10. The number of ether oxygens (including phenoxy) is 2. The van der Waals surface area contributed by atoms with Crippen molar-refractivity contribution in [1.29, 1.82) is 0 Å². The normalized spacial score (nSPS) is 11.1. The zero-order valence-corrected chi connectivity index (χ0v) is 21.3. The van der Waals surface area contributed by atoms with Crippen molar-refractivity contribution in [2.24, 2.45) is 0 Å². The number of likely N-dealkylation sites (N-methyl/N-ethyl adjacent to an activating group) is 1. The number of fused-ring (bicyclic) bond motifs is 1. The summed E-state index contributed by atoms with van der Waals surface area (Å²) in [6.07, 6.45) is 5.83. The molecule has 4 aromatic rings. The van der Waals surface area contributed by atoms with Gasteiger partial charge < -0.3 is 18.9 Å². The van der Waals surface area contributed by atoms with E-state index in [0.717, 1.165) is 28.5 Å². The molecule has 0 aliphatic heterocycles. The van der Waals surface area contributed by atoms with Crippen LogP contribution in [0, 0.1) is 0 Å². The fourth-order valence-corrected chi connectivity index (χ4v) is 4.08. The summed E-state index contributed by atoms with van der Waals surface area (Å²) >= 11 is 0. The number of carbonyl (C=O) groups excluding carboxylic acids is 2. The number of hydrogen-bond acceptors (Lipinski definition) is 4. The number of rotatable bonds is 11. The molecule has 0 aliphatic carbocycles. The maximum absolute atomic E-state index is 13.1. The van der Waals surface area contributed by atoms with Gasteiger partial charge in [-0.3, -0.25) is 4.79 Å². The van der Waals surface area contributed by atoms with Crippen LogP contribution in [0.3, 0.4) is 0 Å². The molecule has 4 rings (SSSR count). The molecule has 0 radical (unpaired) electrons. The summed E-state index contributed by atoms with van der Waals surface area (Å²) in [7, 11) is 1.83. The van der Waals surface area contributed by atoms with Crippen LogP contribution in [0.5, 0.6) is 5.75 Å². The molecule has 1 heterocycles. The van der Waals surface area contributed by atoms with Gasteiger partial charge in [-0.2, -0.15) is 0 Å². The summed E-state index contributed by atoms with van der Waals surface area (Å²) in [5, 5.41) is 0.923. The van der Waals surface area contributed by atoms with Crippen LogP contribution in [0.15, 0.2) is 91.1 Å². The first-order chi connectivity index (χ1) is 18.0. The number of hydrogen-bond donors (Lipinski definition) is 0. The van der Waals surface area contributed by atoms with Crippen LogP contribution in [0.4, 0.5) is 0 Å². The molecule has 1 amide bonds. The number of carbonyl (C=O) groups is 2. The van der Waals surface area contributed by atoms with E-state index >= 15 is 0 Å². The lowest BCUT2D eigenvalue weighted by molar-refractivity contribution is -0.137. The SMILES string of the molecule is CCOC(=O)/C=C/c1cn(CC(=O)N(C)CCc2ccccc2)c2cc(OCc3ccccc3)ccc12. The van der Waals surface area contributed by atoms with Crippen molar-refractivity contribution in [3.05, 3.63) is 108 Å². The third-order valence-corrected chi connectivity index (χ3v) is 6.13. The van der Waals surface area contributed by atoms with Crippen LogP contribution in [0.2, 0.25) is 0 Å². The molecule has 190 valence electrons. The number of aromatic nitrogens is 1. The Labute approximate surface area is 217 Å². The van der Waals surface area contributed by atoms with E-state index in [0.29, 0.717) is 25.5 Å². The molecule has 0 fully saturated rings. The Morgan fingerprint density at radius 1 is 0.946 bits per heavy atom. The topological polar surface area (TPSA) is 60.8 Å². The predicted molar refractivity (Wildman–Crippen MR) is 146 cm³/mol. The zero-order chi connectivity index (χ0) is 26.0. The van der Waals surface area contributed by atoms with Gasteiger partial charge in [0, 0.05) is 42.9 Å². The fraction of sp³-hybridized carbons (Fsp3) is 0.226. The quantitative estimate of drug-likeness (QED) is 0.203. The van der Waals surface area contributed by atoms with E-state index in [1.54, 1.807) is 17.9 Å². The van der Waals surface area contributed by atoms with E-state index < -0.39 is 5.97 Å². The van der Waals surface area contributed by atoms with Gasteiger partial charge in [0.25, 0.3) is 0 Å². The first kappa shape index (κ1) is 25.8. The van der Waals surface area contributed by atoms with E-state index in [9.17, 15) is 9.59 Å². The van der Waals surface area contributed by atoms with E-state index in [1.165, 1.54) is 11.6 Å². The highest BCUT2D eigenvalue weighted by atomic mass is 16.5. The molecule has 3 aromatic carbocycles. The largest absolute Gasteiger partial charge is 0.489 e. The van der Waals surface area contributed by atoms with Gasteiger partial charge in [-0.1, -0.05) is 60.7 Å². The zero-order valence-electron chi connectivity index (χ0n) is 21.3. The summed E-state index contributed by atoms with van der Waals surface area (Å²) in [5.41, 5.74) is 3.96. The molecular weight excluding hydrogens is 464 g/mol. The second-order valence-electron chi connectivity index (χ2n) is 8.80. The highest BCUT2D eigenvalue weighted by Gasteiger charge is 2.15. The fourth-order valence-electron chi connectivity index (χ4n) is 4.08. The van der Waals surface area contributed by atoms with Crippen LogP contribution >= 0.6 is 0 Å². The molecule has 0 saturated heterocycles. The third-order valence-electron chi connectivity index (χ3n) is 6.13. The molecular formula is C31H32N2O4. The van der Waals surface area contributed by atoms with Crippen molar-refractivity contribution in [3.63, 3.8) is 0 Å². The van der Waals surface area contributed by atoms with Crippen LogP contribution in [-0.4, -0.2) is 41.5 Å². The summed E-state index contributed by atoms with van der Waals surface area (Å²) in [4.78, 5) is 26.8. The molecule has 6 nitrogen and oxygen atoms in total. The molecule has 0 atom stereocenters. The number of esters is 1. The minimum absolute atomic E-state index is 0.00404. The smallest absolute Gasteiger partial charge is 0.330 e. The van der Waals surface area contributed by atoms with Gasteiger partial charge in [-0.05, 0) is 42.7 Å². The van der Waals surface area contributed by atoms with Crippen LogP contribution in [-0.2, 0) is 33.9 Å². The molecule has 0 bridgehead atoms. The lowest BCUT2D eigenvalue weighted by Gasteiger charge is -2.18. The predicted octanol–water partition coefficient (Wildman–Crippen LogP) is 5.50. The van der Waals surface area contributed by atoms with Crippen molar-refractivity contribution < 1.29 is 19.1 Å². The molecule has 6 heteroatoms. The number of benzene rings is 3. The second kappa shape index (κ2) is 12.6. The van der Waals surface area contributed by atoms with Gasteiger partial charge >= 0.3 is 5.97 Å². The van der Waals surface area contributed by atoms with Gasteiger partial charge in [0.2, 0.25) is 5.91 Å². The average molecular weight is 497 g/mol. The Morgan fingerprint density at radius 2 is 1.65 bits per heavy atom. The maximum atomic E-state index is 13.1. The Morgan fingerprint density at radius 3 is 2.35 bits per heavy atom. The van der Waals surface area contributed by atoms with Crippen molar-refractivity contribution in [1.82, 2.24) is 9.47 Å². The van der Waals surface area contributed by atoms with Crippen molar-refractivity contribution in [2.45, 2.75) is 26.5 Å². The van der Waals surface area contributed by atoms with Gasteiger partial charge in [0.15, 0.2) is 0 Å². The van der Waals surface area contributed by atoms with Crippen LogP contribution in [0.1, 0.15) is 23.6 Å². The molecule has 0 spiro atoms. The first-order valence-electron chi connectivity index (χ1n) is 12.5. The summed E-state index contributed by atoms with van der Waals surface area (Å²) in [5.74, 6) is 0.314. The Hall–Kier alpha value is -4.32. The second-order valence-corrected chi connectivity index (χ2v) is 8.80. The van der Waals surface area contributed by atoms with Gasteiger partial charge in [-0.15, -0.1) is 0 Å². The monoisotopic (exact) mass is 496 g/mol. The Bertz CT molecular complexity index is 1360. The molecule has 1 aromatic heterocycles. The molecule has 0 aliphatic rings. The number of nitrogens with zero attached hydrogens (tertiary/aromatic N) is 2. The highest BCUT2D eigenvalue weighted by molar-refractivity contribution is 5.95. The van der Waals surface area contributed by atoms with Gasteiger partial charge in [-0.25, -0.2) is 4.79 Å². The Kier molecular flexibility index (Phi) is 8.76. The van der Waals surface area contributed by atoms with E-state index in [1.807, 2.05) is 84.5 Å². The molecule has 0 unspecified atom stereocenters. The Balaban J connectivity index is 1.54. The average Bonchev–Trinajstić information content (AvgIpc) is 3.27. The lowest BCUT2D eigenvalue weighted by atomic mass is 10.1. The minimum Gasteiger partial charge on any atom is -0.489 e. The van der Waals surface area contributed by atoms with Crippen LogP contribution in [0.25, 0.3) is 17.0 Å². The first-order valence-corrected chi connectivity index (χ1v) is 12.5. The van der Waals surface area contributed by atoms with E-state index in [4.69, 9.17) is 9.47 Å². The van der Waals surface area contributed by atoms with Gasteiger partial charge in [0.1, 0.15) is 18.9 Å². The van der Waals surface area contributed by atoms with Crippen molar-refractivity contribution in [3.8, 4) is 5.75 Å². The summed E-state index contributed by atoms with van der Waals surface area (Å²) < 4.78 is 13.0. The standard InChI is InChI=1S/C31H32N2O4/c1-3-36-31(35)17-14-26-21-33(22-30(34)32(2)19-18-24-10-6-4-7-11-24)29-20-27(15-16-28(26)29)37-23-25-12-8-5-9-13-25/h4-17,20-21H,3,18-19,22-23H2,1-2H3/b17-14+. The minimum atomic E-state index is -0.400. The molecule has 0 saturated carbocycles. The maximum Gasteiger partial charge on any atom is 0.330 e.